The highest BCUT2D eigenvalue weighted by Crippen LogP contribution is 2.23. The van der Waals surface area contributed by atoms with E-state index in [0.717, 1.165) is 18.2 Å². The second-order valence-electron chi connectivity index (χ2n) is 4.88. The Hall–Kier alpha value is -1.69. The highest BCUT2D eigenvalue weighted by Gasteiger charge is 2.32. The topological polar surface area (TPSA) is 68.5 Å². The molecule has 1 fully saturated rings. The van der Waals surface area contributed by atoms with Crippen LogP contribution < -0.4 is 0 Å². The van der Waals surface area contributed by atoms with Crippen molar-refractivity contribution in [2.45, 2.75) is 24.5 Å². The van der Waals surface area contributed by atoms with Crippen LogP contribution in [0.15, 0.2) is 24.5 Å². The minimum Gasteiger partial charge on any atom is -0.303 e. The number of aldehydes is 1. The Morgan fingerprint density at radius 3 is 2.95 bits per heavy atom. The number of carbonyl (C=O) groups is 1. The van der Waals surface area contributed by atoms with Crippen LogP contribution in [0.5, 0.6) is 0 Å². The van der Waals surface area contributed by atoms with Crippen LogP contribution in [0.2, 0.25) is 0 Å². The summed E-state index contributed by atoms with van der Waals surface area (Å²) in [6.45, 7) is 0. The van der Waals surface area contributed by atoms with E-state index in [-0.39, 0.29) is 11.0 Å². The van der Waals surface area contributed by atoms with Crippen LogP contribution in [-0.2, 0) is 16.3 Å². The molecule has 1 aliphatic heterocycles. The van der Waals surface area contributed by atoms with Crippen molar-refractivity contribution in [2.75, 3.05) is 5.75 Å². The molecule has 0 radical (unpaired) electrons. The van der Waals surface area contributed by atoms with Gasteiger partial charge in [0.2, 0.25) is 0 Å². The molecule has 0 bridgehead atoms. The molecule has 0 aromatic carbocycles. The summed E-state index contributed by atoms with van der Waals surface area (Å²) in [7, 11) is -2.97. The van der Waals surface area contributed by atoms with Gasteiger partial charge in [-0.3, -0.25) is 4.79 Å². The maximum absolute atomic E-state index is 11.9. The summed E-state index contributed by atoms with van der Waals surface area (Å²) in [5.74, 6) is 0.981. The highest BCUT2D eigenvalue weighted by molar-refractivity contribution is 7.92. The summed E-state index contributed by atoms with van der Waals surface area (Å²) in [4.78, 5) is 15.1. The molecule has 0 amide bonds. The second-order valence-corrected chi connectivity index (χ2v) is 7.29. The molecule has 100 valence electrons. The van der Waals surface area contributed by atoms with Crippen LogP contribution in [0, 0.1) is 0 Å². The third-order valence-corrected chi connectivity index (χ3v) is 5.91. The lowest BCUT2D eigenvalue weighted by atomic mass is 10.2. The predicted octanol–water partition coefficient (Wildman–Crippen LogP) is 1.27. The fourth-order valence-electron chi connectivity index (χ4n) is 2.57. The molecular weight excluding hydrogens is 264 g/mol. The molecule has 1 saturated heterocycles. The van der Waals surface area contributed by atoms with Crippen LogP contribution in [0.25, 0.3) is 5.52 Å². The maximum atomic E-state index is 11.9. The van der Waals surface area contributed by atoms with Gasteiger partial charge in [0.15, 0.2) is 16.1 Å². The van der Waals surface area contributed by atoms with E-state index in [1.165, 1.54) is 0 Å². The fraction of sp³-hybridized carbons (Fsp3) is 0.385. The van der Waals surface area contributed by atoms with Crippen molar-refractivity contribution in [2.24, 2.45) is 0 Å². The van der Waals surface area contributed by atoms with E-state index >= 15 is 0 Å². The zero-order valence-corrected chi connectivity index (χ0v) is 11.1. The largest absolute Gasteiger partial charge is 0.303 e. The molecule has 0 saturated carbocycles. The van der Waals surface area contributed by atoms with Crippen molar-refractivity contribution in [3.8, 4) is 0 Å². The summed E-state index contributed by atoms with van der Waals surface area (Å²) < 4.78 is 25.5. The number of pyridine rings is 1. The van der Waals surface area contributed by atoms with Gasteiger partial charge in [-0.05, 0) is 25.0 Å². The summed E-state index contributed by atoms with van der Waals surface area (Å²) in [6.07, 6.45) is 6.02. The van der Waals surface area contributed by atoms with Crippen molar-refractivity contribution in [1.29, 1.82) is 0 Å². The van der Waals surface area contributed by atoms with E-state index in [0.29, 0.717) is 24.2 Å². The number of hydrogen-bond donors (Lipinski definition) is 0. The van der Waals surface area contributed by atoms with Crippen molar-refractivity contribution in [1.82, 2.24) is 9.38 Å². The van der Waals surface area contributed by atoms with Crippen LogP contribution in [0.4, 0.5) is 0 Å². The Labute approximate surface area is 111 Å². The van der Waals surface area contributed by atoms with Crippen molar-refractivity contribution >= 4 is 21.6 Å². The van der Waals surface area contributed by atoms with Crippen LogP contribution in [-0.4, -0.2) is 35.1 Å². The number of rotatable bonds is 3. The first-order valence-corrected chi connectivity index (χ1v) is 7.94. The quantitative estimate of drug-likeness (QED) is 0.793. The highest BCUT2D eigenvalue weighted by atomic mass is 32.2. The molecule has 1 aliphatic rings. The zero-order chi connectivity index (χ0) is 13.5. The lowest BCUT2D eigenvalue weighted by Gasteiger charge is -2.08. The molecule has 2 aromatic rings. The molecular formula is C13H14N2O3S. The smallest absolute Gasteiger partial charge is 0.153 e. The molecule has 1 unspecified atom stereocenters. The van der Waals surface area contributed by atoms with E-state index in [2.05, 4.69) is 4.98 Å². The molecule has 3 heterocycles. The Kier molecular flexibility index (Phi) is 2.89. The van der Waals surface area contributed by atoms with Gasteiger partial charge >= 0.3 is 0 Å². The van der Waals surface area contributed by atoms with Gasteiger partial charge in [0.05, 0.1) is 22.7 Å². The average Bonchev–Trinajstić information content (AvgIpc) is 2.94. The molecule has 3 rings (SSSR count). The van der Waals surface area contributed by atoms with Gasteiger partial charge in [-0.2, -0.15) is 0 Å². The molecule has 0 N–H and O–H groups in total. The fourth-order valence-corrected chi connectivity index (χ4v) is 4.40. The van der Waals surface area contributed by atoms with E-state index in [9.17, 15) is 13.2 Å². The Bertz CT molecular complexity index is 733. The first-order chi connectivity index (χ1) is 9.10. The lowest BCUT2D eigenvalue weighted by molar-refractivity contribution is 0.112. The van der Waals surface area contributed by atoms with Crippen LogP contribution in [0.1, 0.15) is 29.0 Å². The average molecular weight is 278 g/mol. The van der Waals surface area contributed by atoms with Crippen molar-refractivity contribution in [3.63, 3.8) is 0 Å². The van der Waals surface area contributed by atoms with Gasteiger partial charge in [-0.25, -0.2) is 13.4 Å². The van der Waals surface area contributed by atoms with Crippen LogP contribution >= 0.6 is 0 Å². The Morgan fingerprint density at radius 2 is 2.26 bits per heavy atom. The van der Waals surface area contributed by atoms with E-state index in [1.54, 1.807) is 22.9 Å². The zero-order valence-electron chi connectivity index (χ0n) is 10.3. The van der Waals surface area contributed by atoms with Crippen molar-refractivity contribution < 1.29 is 13.2 Å². The molecule has 0 aliphatic carbocycles. The monoisotopic (exact) mass is 278 g/mol. The van der Waals surface area contributed by atoms with Crippen LogP contribution in [0.3, 0.4) is 0 Å². The summed E-state index contributed by atoms with van der Waals surface area (Å²) >= 11 is 0. The molecule has 6 heteroatoms. The number of aromatic nitrogens is 2. The SMILES string of the molecule is O=Cc1ccc2cnc(CC3CCCS3(=O)=O)n2c1. The number of nitrogens with zero attached hydrogens (tertiary/aromatic N) is 2. The summed E-state index contributed by atoms with van der Waals surface area (Å²) in [5.41, 5.74) is 1.43. The molecule has 2 aromatic heterocycles. The minimum atomic E-state index is -2.97. The molecule has 1 atom stereocenters. The summed E-state index contributed by atoms with van der Waals surface area (Å²) in [6, 6.07) is 3.53. The number of fused-ring (bicyclic) bond motifs is 1. The molecule has 19 heavy (non-hydrogen) atoms. The summed E-state index contributed by atoms with van der Waals surface area (Å²) in [5, 5.41) is -0.335. The number of sulfone groups is 1. The third kappa shape index (κ3) is 2.16. The maximum Gasteiger partial charge on any atom is 0.153 e. The number of carbonyl (C=O) groups excluding carboxylic acids is 1. The van der Waals surface area contributed by atoms with Gasteiger partial charge in [0.1, 0.15) is 5.82 Å². The number of hydrogen-bond acceptors (Lipinski definition) is 4. The molecule has 5 nitrogen and oxygen atoms in total. The van der Waals surface area contributed by atoms with E-state index in [4.69, 9.17) is 0 Å². The van der Waals surface area contributed by atoms with Gasteiger partial charge < -0.3 is 4.40 Å². The van der Waals surface area contributed by atoms with Gasteiger partial charge in [0, 0.05) is 18.2 Å². The third-order valence-electron chi connectivity index (χ3n) is 3.64. The van der Waals surface area contributed by atoms with Gasteiger partial charge in [0.25, 0.3) is 0 Å². The first-order valence-electron chi connectivity index (χ1n) is 6.23. The predicted molar refractivity (Wildman–Crippen MR) is 71.1 cm³/mol. The van der Waals surface area contributed by atoms with E-state index in [1.807, 2.05) is 6.07 Å². The molecule has 0 spiro atoms. The van der Waals surface area contributed by atoms with E-state index < -0.39 is 9.84 Å². The normalized spacial score (nSPS) is 21.8. The standard InChI is InChI=1S/C13H14N2O3S/c16-9-10-3-4-11-7-14-13(15(11)8-10)6-12-2-1-5-19(12,17)18/h3-4,7-9,12H,1-2,5-6H2. The first kappa shape index (κ1) is 12.3. The Balaban J connectivity index is 1.99. The Morgan fingerprint density at radius 1 is 1.42 bits per heavy atom. The second kappa shape index (κ2) is 4.45. The lowest BCUT2D eigenvalue weighted by Crippen LogP contribution is -2.20. The van der Waals surface area contributed by atoms with Crippen molar-refractivity contribution in [3.05, 3.63) is 35.9 Å². The minimum absolute atomic E-state index is 0.278. The van der Waals surface area contributed by atoms with Gasteiger partial charge in [-0.1, -0.05) is 0 Å². The number of imidazole rings is 1. The van der Waals surface area contributed by atoms with Gasteiger partial charge in [-0.15, -0.1) is 0 Å².